The topological polar surface area (TPSA) is 99.0 Å². The molecule has 2 unspecified atom stereocenters. The summed E-state index contributed by atoms with van der Waals surface area (Å²) in [5.74, 6) is -0.835. The lowest BCUT2D eigenvalue weighted by Crippen LogP contribution is -2.37. The van der Waals surface area contributed by atoms with Gasteiger partial charge in [-0.15, -0.1) is 5.01 Å². The zero-order valence-corrected chi connectivity index (χ0v) is 15.4. The molecule has 8 nitrogen and oxygen atoms in total. The number of nitro groups is 1. The summed E-state index contributed by atoms with van der Waals surface area (Å²) in [4.78, 5) is 33.1. The van der Waals surface area contributed by atoms with Crippen LogP contribution in [0.1, 0.15) is 13.8 Å². The van der Waals surface area contributed by atoms with Gasteiger partial charge in [0, 0.05) is 0 Å². The second kappa shape index (κ2) is 10.3. The smallest absolute Gasteiger partial charge is 0.318 e. The molecule has 0 amide bonds. The molecule has 0 saturated heterocycles. The number of hydrazine groups is 1. The van der Waals surface area contributed by atoms with Crippen molar-refractivity contribution in [2.75, 3.05) is 26.3 Å². The lowest BCUT2D eigenvalue weighted by atomic mass is 10.5. The Morgan fingerprint density at radius 1 is 1.10 bits per heavy atom. The van der Waals surface area contributed by atoms with Gasteiger partial charge in [-0.3, -0.25) is 9.59 Å². The highest BCUT2D eigenvalue weighted by Crippen LogP contribution is 2.02. The van der Waals surface area contributed by atoms with Crippen LogP contribution in [0.4, 0.5) is 0 Å². The van der Waals surface area contributed by atoms with Gasteiger partial charge in [0.05, 0.1) is 0 Å². The van der Waals surface area contributed by atoms with Gasteiger partial charge in [0.15, 0.2) is 5.03 Å². The van der Waals surface area contributed by atoms with Gasteiger partial charge in [-0.2, -0.15) is 0 Å². The Kier molecular flexibility index (Phi) is 10.1. The summed E-state index contributed by atoms with van der Waals surface area (Å²) in [5, 5.41) is 11.0. The molecule has 10 heteroatoms. The normalized spacial score (nSPS) is 13.2. The molecule has 0 aliphatic carbocycles. The van der Waals surface area contributed by atoms with Gasteiger partial charge in [0.1, 0.15) is 34.2 Å². The quantitative estimate of drug-likeness (QED) is 0.150. The molecule has 0 aromatic rings. The second-order valence-electron chi connectivity index (χ2n) is 3.76. The molecule has 0 N–H and O–H groups in total. The minimum absolute atomic E-state index is 0.0561. The molecule has 116 valence electrons. The van der Waals surface area contributed by atoms with Gasteiger partial charge >= 0.3 is 11.9 Å². The minimum atomic E-state index is -0.608. The third kappa shape index (κ3) is 8.71. The van der Waals surface area contributed by atoms with E-state index < -0.39 is 17.0 Å². The Bertz CT molecular complexity index is 325. The predicted octanol–water partition coefficient (Wildman–Crippen LogP) is 1.21. The molecule has 20 heavy (non-hydrogen) atoms. The van der Waals surface area contributed by atoms with Gasteiger partial charge in [-0.05, 0) is 13.8 Å². The number of carbonyl (C=O) groups excluding carboxylic acids is 2. The molecule has 0 rings (SSSR count). The van der Waals surface area contributed by atoms with Crippen molar-refractivity contribution in [2.24, 2.45) is 0 Å². The van der Waals surface area contributed by atoms with Gasteiger partial charge in [0.25, 0.3) is 0 Å². The number of ether oxygens (including phenoxy) is 2. The van der Waals surface area contributed by atoms with Crippen LogP contribution in [0.25, 0.3) is 0 Å². The number of nitrogens with zero attached hydrogens (tertiary/aromatic N) is 2. The number of rotatable bonds is 9. The molecule has 0 aromatic carbocycles. The first-order valence-electron chi connectivity index (χ1n) is 5.76. The zero-order chi connectivity index (χ0) is 15.7. The van der Waals surface area contributed by atoms with Crippen LogP contribution in [0.5, 0.6) is 0 Å². The van der Waals surface area contributed by atoms with Crippen molar-refractivity contribution in [2.45, 2.75) is 21.7 Å². The van der Waals surface area contributed by atoms with Crippen LogP contribution in [0, 0.1) is 10.1 Å². The summed E-state index contributed by atoms with van der Waals surface area (Å²) in [7, 11) is 0. The molecule has 0 heterocycles. The lowest BCUT2D eigenvalue weighted by Gasteiger charge is -2.15. The van der Waals surface area contributed by atoms with E-state index in [9.17, 15) is 19.7 Å². The van der Waals surface area contributed by atoms with Crippen molar-refractivity contribution in [1.29, 1.82) is 0 Å². The minimum Gasteiger partial charge on any atom is -0.463 e. The Morgan fingerprint density at radius 2 is 1.45 bits per heavy atom. The van der Waals surface area contributed by atoms with E-state index in [-0.39, 0.29) is 34.2 Å². The Labute approximate surface area is 143 Å². The van der Waals surface area contributed by atoms with Gasteiger partial charge < -0.3 is 9.47 Å². The van der Waals surface area contributed by atoms with Gasteiger partial charge in [-0.25, -0.2) is 10.1 Å². The molecule has 0 aliphatic heterocycles. The molecule has 0 aromatic heterocycles. The Hall–Kier alpha value is -0.400. The van der Waals surface area contributed by atoms with Crippen LogP contribution in [-0.2, 0) is 19.1 Å². The first-order valence-corrected chi connectivity index (χ1v) is 8.25. The average molecular weight is 514 g/mol. The first kappa shape index (κ1) is 19.6. The maximum absolute atomic E-state index is 11.2. The maximum Gasteiger partial charge on any atom is 0.318 e. The number of carbonyl (C=O) groups is 2. The van der Waals surface area contributed by atoms with E-state index in [1.807, 2.05) is 45.2 Å². The summed E-state index contributed by atoms with van der Waals surface area (Å²) in [5.41, 5.74) is 0. The SMILES string of the molecule is CC(I)C(=O)OCCN(CCOC(=O)C(C)I)[N+](=O)[O-]. The molecule has 0 radical (unpaired) electrons. The molecule has 2 atom stereocenters. The van der Waals surface area contributed by atoms with E-state index >= 15 is 0 Å². The fourth-order valence-corrected chi connectivity index (χ4v) is 1.37. The highest BCUT2D eigenvalue weighted by Gasteiger charge is 2.18. The monoisotopic (exact) mass is 514 g/mol. The second-order valence-corrected chi connectivity index (χ2v) is 7.50. The largest absolute Gasteiger partial charge is 0.463 e. The summed E-state index contributed by atoms with van der Waals surface area (Å²) in [6, 6.07) is 0. The van der Waals surface area contributed by atoms with Gasteiger partial charge in [0.2, 0.25) is 0 Å². The lowest BCUT2D eigenvalue weighted by molar-refractivity contribution is -0.656. The molecule has 0 aliphatic rings. The fraction of sp³-hybridized carbons (Fsp3) is 0.800. The molecule has 0 saturated carbocycles. The van der Waals surface area contributed by atoms with Crippen LogP contribution < -0.4 is 0 Å². The Morgan fingerprint density at radius 3 is 1.70 bits per heavy atom. The average Bonchev–Trinajstić information content (AvgIpc) is 2.35. The van der Waals surface area contributed by atoms with Crippen LogP contribution in [0.3, 0.4) is 0 Å². The number of esters is 2. The van der Waals surface area contributed by atoms with E-state index in [1.54, 1.807) is 13.8 Å². The number of alkyl halides is 2. The molecule has 0 spiro atoms. The third-order valence-electron chi connectivity index (χ3n) is 2.07. The fourth-order valence-electron chi connectivity index (χ4n) is 1.01. The summed E-state index contributed by atoms with van der Waals surface area (Å²) < 4.78 is 9.09. The highest BCUT2D eigenvalue weighted by molar-refractivity contribution is 14.1. The van der Waals surface area contributed by atoms with Gasteiger partial charge in [-0.1, -0.05) is 45.2 Å². The van der Waals surface area contributed by atoms with Crippen molar-refractivity contribution in [1.82, 2.24) is 5.01 Å². The molecule has 0 fully saturated rings. The van der Waals surface area contributed by atoms with E-state index in [0.717, 1.165) is 5.01 Å². The third-order valence-corrected chi connectivity index (χ3v) is 3.09. The van der Waals surface area contributed by atoms with Crippen molar-refractivity contribution >= 4 is 57.1 Å². The van der Waals surface area contributed by atoms with Crippen molar-refractivity contribution in [3.8, 4) is 0 Å². The summed E-state index contributed by atoms with van der Waals surface area (Å²) >= 11 is 3.79. The van der Waals surface area contributed by atoms with Crippen molar-refractivity contribution in [3.63, 3.8) is 0 Å². The standard InChI is InChI=1S/C10H16I2N2O6/c1-7(11)9(15)19-5-3-13(14(17)18)4-6-20-10(16)8(2)12/h7-8H,3-6H2,1-2H3. The number of hydrogen-bond donors (Lipinski definition) is 0. The van der Waals surface area contributed by atoms with Crippen LogP contribution in [0.2, 0.25) is 0 Å². The maximum atomic E-state index is 11.2. The molecular weight excluding hydrogens is 498 g/mol. The summed E-state index contributed by atoms with van der Waals surface area (Å²) in [6.45, 7) is 3.06. The molecular formula is C10H16I2N2O6. The number of halogens is 2. The molecule has 0 bridgehead atoms. The van der Waals surface area contributed by atoms with Crippen LogP contribution >= 0.6 is 45.2 Å². The van der Waals surface area contributed by atoms with Crippen molar-refractivity contribution in [3.05, 3.63) is 10.1 Å². The van der Waals surface area contributed by atoms with E-state index in [4.69, 9.17) is 9.47 Å². The zero-order valence-electron chi connectivity index (χ0n) is 11.1. The highest BCUT2D eigenvalue weighted by atomic mass is 127. The van der Waals surface area contributed by atoms with E-state index in [2.05, 4.69) is 0 Å². The van der Waals surface area contributed by atoms with Crippen LogP contribution in [-0.4, -0.2) is 56.1 Å². The van der Waals surface area contributed by atoms with Crippen LogP contribution in [0.15, 0.2) is 0 Å². The number of hydrogen-bond acceptors (Lipinski definition) is 6. The first-order chi connectivity index (χ1) is 9.25. The Balaban J connectivity index is 4.03. The van der Waals surface area contributed by atoms with E-state index in [0.29, 0.717) is 0 Å². The van der Waals surface area contributed by atoms with E-state index in [1.165, 1.54) is 0 Å². The van der Waals surface area contributed by atoms with Crippen molar-refractivity contribution < 1.29 is 24.1 Å². The predicted molar refractivity (Wildman–Crippen MR) is 87.4 cm³/mol. The summed E-state index contributed by atoms with van der Waals surface area (Å²) in [6.07, 6.45) is 0.